The number of halogens is 1. The molecule has 1 aromatic rings. The van der Waals surface area contributed by atoms with Gasteiger partial charge in [-0.15, -0.1) is 11.3 Å². The van der Waals surface area contributed by atoms with Crippen molar-refractivity contribution in [2.45, 2.75) is 46.1 Å². The zero-order valence-corrected chi connectivity index (χ0v) is 13.5. The summed E-state index contributed by atoms with van der Waals surface area (Å²) in [6.45, 7) is 5.48. The summed E-state index contributed by atoms with van der Waals surface area (Å²) < 4.78 is 0. The fourth-order valence-electron chi connectivity index (χ4n) is 1.80. The maximum Gasteiger partial charge on any atom is 0.306 e. The lowest BCUT2D eigenvalue weighted by Gasteiger charge is -2.14. The quantitative estimate of drug-likeness (QED) is 0.805. The third-order valence-electron chi connectivity index (χ3n) is 3.18. The van der Waals surface area contributed by atoms with Crippen LogP contribution in [0.2, 0.25) is 5.02 Å². The number of carboxylic acids is 1. The monoisotopic (exact) mass is 317 g/mol. The van der Waals surface area contributed by atoms with E-state index in [1.165, 1.54) is 11.3 Å². The topological polar surface area (TPSA) is 66.4 Å². The van der Waals surface area contributed by atoms with Gasteiger partial charge in [0.15, 0.2) is 0 Å². The maximum absolute atomic E-state index is 12.0. The number of aryl methyl sites for hydroxylation is 1. The van der Waals surface area contributed by atoms with Crippen molar-refractivity contribution in [1.29, 1.82) is 0 Å². The summed E-state index contributed by atoms with van der Waals surface area (Å²) in [7, 11) is 0. The average Bonchev–Trinajstić information content (AvgIpc) is 2.69. The second kappa shape index (κ2) is 7.64. The molecule has 2 N–H and O–H groups in total. The Morgan fingerprint density at radius 2 is 2.05 bits per heavy atom. The number of hydrogen-bond donors (Lipinski definition) is 2. The average molecular weight is 318 g/mol. The van der Waals surface area contributed by atoms with Crippen LogP contribution in [0.15, 0.2) is 5.38 Å². The van der Waals surface area contributed by atoms with Gasteiger partial charge < -0.3 is 10.4 Å². The van der Waals surface area contributed by atoms with E-state index < -0.39 is 5.97 Å². The summed E-state index contributed by atoms with van der Waals surface area (Å²) >= 11 is 7.39. The van der Waals surface area contributed by atoms with E-state index in [0.29, 0.717) is 16.3 Å². The molecule has 2 unspecified atom stereocenters. The fourth-order valence-corrected chi connectivity index (χ4v) is 2.98. The molecule has 112 valence electrons. The second-order valence-corrected chi connectivity index (χ2v) is 6.36. The molecule has 0 spiro atoms. The van der Waals surface area contributed by atoms with Crippen LogP contribution < -0.4 is 5.32 Å². The lowest BCUT2D eigenvalue weighted by atomic mass is 10.0. The van der Waals surface area contributed by atoms with Crippen molar-refractivity contribution >= 4 is 34.8 Å². The van der Waals surface area contributed by atoms with E-state index in [9.17, 15) is 9.59 Å². The van der Waals surface area contributed by atoms with E-state index in [2.05, 4.69) is 5.32 Å². The highest BCUT2D eigenvalue weighted by molar-refractivity contribution is 7.13. The number of hydrogen-bond acceptors (Lipinski definition) is 3. The molecular weight excluding hydrogens is 298 g/mol. The molecule has 0 bridgehead atoms. The van der Waals surface area contributed by atoms with Crippen LogP contribution in [0.5, 0.6) is 0 Å². The Morgan fingerprint density at radius 1 is 1.40 bits per heavy atom. The van der Waals surface area contributed by atoms with E-state index in [1.807, 2.05) is 19.2 Å². The predicted molar refractivity (Wildman–Crippen MR) is 81.6 cm³/mol. The largest absolute Gasteiger partial charge is 0.481 e. The smallest absolute Gasteiger partial charge is 0.306 e. The Labute approximate surface area is 128 Å². The van der Waals surface area contributed by atoms with Crippen LogP contribution in [-0.4, -0.2) is 23.0 Å². The van der Waals surface area contributed by atoms with E-state index in [1.54, 1.807) is 6.92 Å². The molecule has 0 saturated carbocycles. The lowest BCUT2D eigenvalue weighted by Crippen LogP contribution is -2.32. The standard InChI is InChI=1S/C14H20ClNO3S/c1-8(14(18)19)5-4-6-10(3)16-13(17)12-11(15)9(2)7-20-12/h7-8,10H,4-6H2,1-3H3,(H,16,17)(H,18,19). The Hall–Kier alpha value is -1.07. The van der Waals surface area contributed by atoms with Crippen molar-refractivity contribution in [1.82, 2.24) is 5.32 Å². The first kappa shape index (κ1) is 17.0. The Balaban J connectivity index is 2.39. The van der Waals surface area contributed by atoms with Gasteiger partial charge in [-0.3, -0.25) is 9.59 Å². The van der Waals surface area contributed by atoms with Crippen LogP contribution >= 0.6 is 22.9 Å². The molecule has 0 radical (unpaired) electrons. The van der Waals surface area contributed by atoms with Crippen molar-refractivity contribution in [2.75, 3.05) is 0 Å². The summed E-state index contributed by atoms with van der Waals surface area (Å²) in [5.41, 5.74) is 0.907. The highest BCUT2D eigenvalue weighted by Crippen LogP contribution is 2.27. The SMILES string of the molecule is Cc1csc(C(=O)NC(C)CCCC(C)C(=O)O)c1Cl. The normalized spacial score (nSPS) is 13.8. The molecule has 0 aromatic carbocycles. The zero-order valence-electron chi connectivity index (χ0n) is 11.9. The van der Waals surface area contributed by atoms with Crippen LogP contribution in [-0.2, 0) is 4.79 Å². The van der Waals surface area contributed by atoms with Crippen molar-refractivity contribution in [3.63, 3.8) is 0 Å². The van der Waals surface area contributed by atoms with Gasteiger partial charge in [0.1, 0.15) is 4.88 Å². The van der Waals surface area contributed by atoms with Crippen LogP contribution in [0.1, 0.15) is 48.3 Å². The number of thiophene rings is 1. The number of rotatable bonds is 7. The first-order valence-electron chi connectivity index (χ1n) is 6.60. The molecule has 1 aromatic heterocycles. The Bertz CT molecular complexity index is 487. The molecule has 1 amide bonds. The van der Waals surface area contributed by atoms with E-state index in [0.717, 1.165) is 18.4 Å². The van der Waals surface area contributed by atoms with Crippen LogP contribution in [0.4, 0.5) is 0 Å². The van der Waals surface area contributed by atoms with Crippen molar-refractivity contribution in [3.8, 4) is 0 Å². The number of aliphatic carboxylic acids is 1. The molecule has 0 aliphatic heterocycles. The van der Waals surface area contributed by atoms with Gasteiger partial charge in [0.25, 0.3) is 5.91 Å². The number of carbonyl (C=O) groups is 2. The molecule has 1 rings (SSSR count). The van der Waals surface area contributed by atoms with Gasteiger partial charge in [-0.05, 0) is 37.6 Å². The molecule has 0 aliphatic rings. The summed E-state index contributed by atoms with van der Waals surface area (Å²) in [6, 6.07) is 0.00182. The second-order valence-electron chi connectivity index (χ2n) is 5.11. The van der Waals surface area contributed by atoms with Crippen LogP contribution in [0.25, 0.3) is 0 Å². The van der Waals surface area contributed by atoms with E-state index in [-0.39, 0.29) is 17.9 Å². The van der Waals surface area contributed by atoms with Crippen molar-refractivity contribution in [2.24, 2.45) is 5.92 Å². The van der Waals surface area contributed by atoms with Gasteiger partial charge in [-0.1, -0.05) is 24.9 Å². The van der Waals surface area contributed by atoms with Gasteiger partial charge in [0, 0.05) is 6.04 Å². The van der Waals surface area contributed by atoms with Crippen LogP contribution in [0.3, 0.4) is 0 Å². The Kier molecular flexibility index (Phi) is 6.49. The molecule has 0 aliphatic carbocycles. The highest BCUT2D eigenvalue weighted by Gasteiger charge is 2.17. The zero-order chi connectivity index (χ0) is 15.3. The molecule has 2 atom stereocenters. The van der Waals surface area contributed by atoms with E-state index in [4.69, 9.17) is 16.7 Å². The van der Waals surface area contributed by atoms with Gasteiger partial charge in [-0.2, -0.15) is 0 Å². The molecule has 4 nitrogen and oxygen atoms in total. The third kappa shape index (κ3) is 4.80. The van der Waals surface area contributed by atoms with Crippen molar-refractivity contribution < 1.29 is 14.7 Å². The molecule has 1 heterocycles. The van der Waals surface area contributed by atoms with Gasteiger partial charge in [-0.25, -0.2) is 0 Å². The summed E-state index contributed by atoms with van der Waals surface area (Å²) in [5.74, 6) is -1.28. The van der Waals surface area contributed by atoms with Gasteiger partial charge >= 0.3 is 5.97 Å². The maximum atomic E-state index is 12.0. The minimum absolute atomic E-state index is 0.00182. The Morgan fingerprint density at radius 3 is 2.55 bits per heavy atom. The third-order valence-corrected chi connectivity index (χ3v) is 4.87. The van der Waals surface area contributed by atoms with Crippen LogP contribution in [0, 0.1) is 12.8 Å². The number of carbonyl (C=O) groups excluding carboxylic acids is 1. The number of nitrogens with one attached hydrogen (secondary N) is 1. The number of amides is 1. The lowest BCUT2D eigenvalue weighted by molar-refractivity contribution is -0.141. The number of carboxylic acid groups (broad SMARTS) is 1. The van der Waals surface area contributed by atoms with E-state index >= 15 is 0 Å². The molecule has 20 heavy (non-hydrogen) atoms. The predicted octanol–water partition coefficient (Wildman–Crippen LogP) is 3.72. The minimum Gasteiger partial charge on any atom is -0.481 e. The molecular formula is C14H20ClNO3S. The summed E-state index contributed by atoms with van der Waals surface area (Å²) in [5, 5.41) is 14.1. The fraction of sp³-hybridized carbons (Fsp3) is 0.571. The minimum atomic E-state index is -0.775. The summed E-state index contributed by atoms with van der Waals surface area (Å²) in [6.07, 6.45) is 2.14. The molecule has 0 fully saturated rings. The van der Waals surface area contributed by atoms with Gasteiger partial charge in [0.2, 0.25) is 0 Å². The van der Waals surface area contributed by atoms with Gasteiger partial charge in [0.05, 0.1) is 10.9 Å². The first-order chi connectivity index (χ1) is 9.32. The summed E-state index contributed by atoms with van der Waals surface area (Å²) in [4.78, 5) is 23.2. The highest BCUT2D eigenvalue weighted by atomic mass is 35.5. The van der Waals surface area contributed by atoms with Crippen molar-refractivity contribution in [3.05, 3.63) is 20.8 Å². The first-order valence-corrected chi connectivity index (χ1v) is 7.86. The molecule has 6 heteroatoms. The molecule has 0 saturated heterocycles.